The van der Waals surface area contributed by atoms with Crippen LogP contribution in [0, 0.1) is 11.6 Å². The number of halogens is 2. The van der Waals surface area contributed by atoms with Crippen molar-refractivity contribution in [3.63, 3.8) is 0 Å². The van der Waals surface area contributed by atoms with Crippen LogP contribution in [-0.4, -0.2) is 38.6 Å². The minimum absolute atomic E-state index is 0.0192. The van der Waals surface area contributed by atoms with Crippen molar-refractivity contribution in [3.8, 4) is 5.75 Å². The van der Waals surface area contributed by atoms with E-state index >= 15 is 0 Å². The van der Waals surface area contributed by atoms with Crippen LogP contribution >= 0.6 is 0 Å². The van der Waals surface area contributed by atoms with Crippen molar-refractivity contribution in [2.75, 3.05) is 25.6 Å². The maximum atomic E-state index is 13.9. The molecule has 2 amide bonds. The van der Waals surface area contributed by atoms with E-state index in [-0.39, 0.29) is 30.7 Å². The van der Waals surface area contributed by atoms with Gasteiger partial charge in [0.05, 0.1) is 20.2 Å². The minimum Gasteiger partial charge on any atom is -0.496 e. The van der Waals surface area contributed by atoms with Crippen molar-refractivity contribution >= 4 is 17.5 Å². The Morgan fingerprint density at radius 3 is 2.69 bits per heavy atom. The Morgan fingerprint density at radius 2 is 1.97 bits per heavy atom. The van der Waals surface area contributed by atoms with Gasteiger partial charge in [-0.1, -0.05) is 18.2 Å². The van der Waals surface area contributed by atoms with Gasteiger partial charge < -0.3 is 20.3 Å². The van der Waals surface area contributed by atoms with Crippen LogP contribution in [0.2, 0.25) is 0 Å². The summed E-state index contributed by atoms with van der Waals surface area (Å²) < 4.78 is 32.6. The van der Waals surface area contributed by atoms with E-state index in [1.54, 1.807) is 13.1 Å². The first-order chi connectivity index (χ1) is 13.9. The number of hydrogen-bond donors (Lipinski definition) is 2. The van der Waals surface area contributed by atoms with Gasteiger partial charge in [-0.25, -0.2) is 8.78 Å². The molecule has 0 aliphatic carbocycles. The zero-order valence-corrected chi connectivity index (χ0v) is 16.3. The third-order valence-corrected chi connectivity index (χ3v) is 4.87. The Balaban J connectivity index is 1.98. The molecule has 8 heteroatoms. The molecule has 6 nitrogen and oxygen atoms in total. The molecule has 0 saturated carbocycles. The van der Waals surface area contributed by atoms with E-state index in [1.807, 2.05) is 18.2 Å². The van der Waals surface area contributed by atoms with E-state index < -0.39 is 17.7 Å². The molecule has 2 aromatic carbocycles. The van der Waals surface area contributed by atoms with Crippen molar-refractivity contribution < 1.29 is 23.1 Å². The maximum Gasteiger partial charge on any atom is 0.249 e. The average Bonchev–Trinajstić information content (AvgIpc) is 2.83. The Labute approximate surface area is 167 Å². The van der Waals surface area contributed by atoms with Crippen LogP contribution in [-0.2, 0) is 22.6 Å². The van der Waals surface area contributed by atoms with E-state index in [4.69, 9.17) is 4.74 Å². The van der Waals surface area contributed by atoms with Crippen LogP contribution in [0.25, 0.3) is 0 Å². The maximum absolute atomic E-state index is 13.9. The number of methoxy groups -OCH3 is 1. The standard InChI is InChI=1S/C21H23F2N3O3/c1-24-11-20(27)25-17-8-7-13-5-3-4-6-18(13)26(21(17)28)12-14-9-15(22)16(23)10-19(14)29-2/h3-6,9-10,17,24H,7-8,11-12H2,1-2H3,(H,25,27). The molecule has 2 N–H and O–H groups in total. The van der Waals surface area contributed by atoms with E-state index in [0.29, 0.717) is 24.1 Å². The Kier molecular flexibility index (Phi) is 6.43. The lowest BCUT2D eigenvalue weighted by atomic mass is 10.1. The SMILES string of the molecule is CNCC(=O)NC1CCc2ccccc2N(Cc2cc(F)c(F)cc2OC)C1=O. The number of nitrogens with zero attached hydrogens (tertiary/aromatic N) is 1. The number of carbonyl (C=O) groups is 2. The van der Waals surface area contributed by atoms with Gasteiger partial charge in [0.15, 0.2) is 11.6 Å². The first-order valence-corrected chi connectivity index (χ1v) is 9.29. The normalized spacial score (nSPS) is 16.2. The largest absolute Gasteiger partial charge is 0.496 e. The van der Waals surface area contributed by atoms with Crippen LogP contribution in [0.1, 0.15) is 17.5 Å². The number of para-hydroxylation sites is 1. The summed E-state index contributed by atoms with van der Waals surface area (Å²) in [4.78, 5) is 26.8. The number of anilines is 1. The van der Waals surface area contributed by atoms with Gasteiger partial charge in [0.25, 0.3) is 0 Å². The summed E-state index contributed by atoms with van der Waals surface area (Å²) in [5.74, 6) is -2.50. The molecule has 1 aliphatic rings. The molecule has 0 saturated heterocycles. The Morgan fingerprint density at radius 1 is 1.24 bits per heavy atom. The Hall–Kier alpha value is -3.00. The highest BCUT2D eigenvalue weighted by atomic mass is 19.2. The number of fused-ring (bicyclic) bond motifs is 1. The van der Waals surface area contributed by atoms with Crippen molar-refractivity contribution in [1.29, 1.82) is 0 Å². The molecule has 0 spiro atoms. The number of aryl methyl sites for hydroxylation is 1. The van der Waals surface area contributed by atoms with E-state index in [1.165, 1.54) is 12.0 Å². The van der Waals surface area contributed by atoms with Crippen LogP contribution in [0.5, 0.6) is 5.75 Å². The number of likely N-dealkylation sites (N-methyl/N-ethyl adjacent to an activating group) is 1. The minimum atomic E-state index is -1.02. The lowest BCUT2D eigenvalue weighted by Gasteiger charge is -2.27. The molecule has 0 aromatic heterocycles. The zero-order valence-electron chi connectivity index (χ0n) is 16.3. The zero-order chi connectivity index (χ0) is 21.0. The third kappa shape index (κ3) is 4.54. The van der Waals surface area contributed by atoms with Gasteiger partial charge in [-0.2, -0.15) is 0 Å². The number of hydrogen-bond acceptors (Lipinski definition) is 4. The fraction of sp³-hybridized carbons (Fsp3) is 0.333. The van der Waals surface area contributed by atoms with Crippen LogP contribution in [0.3, 0.4) is 0 Å². The van der Waals surface area contributed by atoms with Crippen molar-refractivity contribution in [2.24, 2.45) is 0 Å². The highest BCUT2D eigenvalue weighted by Crippen LogP contribution is 2.31. The third-order valence-electron chi connectivity index (χ3n) is 4.87. The van der Waals surface area contributed by atoms with Crippen LogP contribution in [0.4, 0.5) is 14.5 Å². The number of carbonyl (C=O) groups excluding carboxylic acids is 2. The van der Waals surface area contributed by atoms with Crippen molar-refractivity contribution in [1.82, 2.24) is 10.6 Å². The molecular formula is C21H23F2N3O3. The molecule has 1 unspecified atom stereocenters. The second-order valence-electron chi connectivity index (χ2n) is 6.82. The predicted molar refractivity (Wildman–Crippen MR) is 105 cm³/mol. The molecule has 1 atom stereocenters. The predicted octanol–water partition coefficient (Wildman–Crippen LogP) is 2.16. The van der Waals surface area contributed by atoms with E-state index in [0.717, 1.165) is 17.7 Å². The summed E-state index contributed by atoms with van der Waals surface area (Å²) in [6.45, 7) is 0.0718. The molecule has 154 valence electrons. The summed E-state index contributed by atoms with van der Waals surface area (Å²) >= 11 is 0. The quantitative estimate of drug-likeness (QED) is 0.776. The highest BCUT2D eigenvalue weighted by Gasteiger charge is 2.32. The summed E-state index contributed by atoms with van der Waals surface area (Å²) in [7, 11) is 3.00. The van der Waals surface area contributed by atoms with Gasteiger partial charge in [-0.3, -0.25) is 9.59 Å². The van der Waals surface area contributed by atoms with Gasteiger partial charge in [0.1, 0.15) is 11.8 Å². The topological polar surface area (TPSA) is 70.7 Å². The van der Waals surface area contributed by atoms with Gasteiger partial charge in [0.2, 0.25) is 11.8 Å². The van der Waals surface area contributed by atoms with E-state index in [9.17, 15) is 18.4 Å². The molecule has 0 bridgehead atoms. The molecule has 3 rings (SSSR count). The number of amides is 2. The number of ether oxygens (including phenoxy) is 1. The molecule has 0 fully saturated rings. The molecule has 29 heavy (non-hydrogen) atoms. The smallest absolute Gasteiger partial charge is 0.249 e. The molecule has 1 heterocycles. The van der Waals surface area contributed by atoms with Gasteiger partial charge in [-0.15, -0.1) is 0 Å². The van der Waals surface area contributed by atoms with Crippen molar-refractivity contribution in [2.45, 2.75) is 25.4 Å². The highest BCUT2D eigenvalue weighted by molar-refractivity contribution is 6.00. The van der Waals surface area contributed by atoms with Gasteiger partial charge in [-0.05, 0) is 37.6 Å². The molecular weight excluding hydrogens is 380 g/mol. The van der Waals surface area contributed by atoms with E-state index in [2.05, 4.69) is 10.6 Å². The number of benzene rings is 2. The Bertz CT molecular complexity index is 920. The van der Waals surface area contributed by atoms with Crippen LogP contribution in [0.15, 0.2) is 36.4 Å². The first kappa shape index (κ1) is 20.7. The average molecular weight is 403 g/mol. The second kappa shape index (κ2) is 9.00. The van der Waals surface area contributed by atoms with Gasteiger partial charge in [0, 0.05) is 17.3 Å². The lowest BCUT2D eigenvalue weighted by Crippen LogP contribution is -2.49. The number of nitrogens with one attached hydrogen (secondary N) is 2. The molecule has 0 radical (unpaired) electrons. The monoisotopic (exact) mass is 403 g/mol. The fourth-order valence-electron chi connectivity index (χ4n) is 3.47. The summed E-state index contributed by atoms with van der Waals surface area (Å²) in [6, 6.07) is 8.67. The molecule has 1 aliphatic heterocycles. The summed E-state index contributed by atoms with van der Waals surface area (Å²) in [6.07, 6.45) is 1.04. The van der Waals surface area contributed by atoms with Crippen molar-refractivity contribution in [3.05, 3.63) is 59.2 Å². The lowest BCUT2D eigenvalue weighted by molar-refractivity contribution is -0.127. The fourth-order valence-corrected chi connectivity index (χ4v) is 3.47. The number of rotatable bonds is 6. The summed E-state index contributed by atoms with van der Waals surface area (Å²) in [5, 5.41) is 5.50. The first-order valence-electron chi connectivity index (χ1n) is 9.29. The summed E-state index contributed by atoms with van der Waals surface area (Å²) in [5.41, 5.74) is 1.94. The molecule has 2 aromatic rings. The second-order valence-corrected chi connectivity index (χ2v) is 6.82. The van der Waals surface area contributed by atoms with Gasteiger partial charge >= 0.3 is 0 Å². The van der Waals surface area contributed by atoms with Crippen LogP contribution < -0.4 is 20.3 Å².